The van der Waals surface area contributed by atoms with E-state index in [0.29, 0.717) is 17.3 Å². The molecule has 94 valence electrons. The summed E-state index contributed by atoms with van der Waals surface area (Å²) in [6, 6.07) is 5.41. The number of hydrogen-bond acceptors (Lipinski definition) is 2. The number of rotatable bonds is 3. The Morgan fingerprint density at radius 3 is 2.53 bits per heavy atom. The van der Waals surface area contributed by atoms with E-state index in [2.05, 4.69) is 5.32 Å². The standard InChI is InChI=1S/C13H18ClNO2/c1-13(2,3)12(16)15-8-9-5-6-10(17-4)7-11(9)14/h5-7H,8H2,1-4H3,(H,15,16). The van der Waals surface area contributed by atoms with Crippen molar-refractivity contribution in [3.63, 3.8) is 0 Å². The van der Waals surface area contributed by atoms with Gasteiger partial charge in [-0.3, -0.25) is 4.79 Å². The van der Waals surface area contributed by atoms with Crippen molar-refractivity contribution in [2.45, 2.75) is 27.3 Å². The van der Waals surface area contributed by atoms with E-state index in [1.165, 1.54) is 0 Å². The Hall–Kier alpha value is -1.22. The molecule has 0 aliphatic carbocycles. The lowest BCUT2D eigenvalue weighted by atomic mass is 9.95. The number of carbonyl (C=O) groups is 1. The van der Waals surface area contributed by atoms with Crippen molar-refractivity contribution in [2.75, 3.05) is 7.11 Å². The smallest absolute Gasteiger partial charge is 0.225 e. The fourth-order valence-electron chi connectivity index (χ4n) is 1.24. The van der Waals surface area contributed by atoms with Crippen LogP contribution in [0.5, 0.6) is 5.75 Å². The third-order valence-electron chi connectivity index (χ3n) is 2.38. The Morgan fingerprint density at radius 1 is 1.41 bits per heavy atom. The molecular weight excluding hydrogens is 238 g/mol. The molecule has 0 saturated heterocycles. The normalized spacial score (nSPS) is 11.1. The van der Waals surface area contributed by atoms with Gasteiger partial charge in [-0.1, -0.05) is 38.4 Å². The predicted molar refractivity (Wildman–Crippen MR) is 69.3 cm³/mol. The molecule has 1 aromatic carbocycles. The van der Waals surface area contributed by atoms with Gasteiger partial charge >= 0.3 is 0 Å². The molecule has 17 heavy (non-hydrogen) atoms. The zero-order valence-corrected chi connectivity index (χ0v) is 11.4. The molecule has 1 amide bonds. The minimum atomic E-state index is -0.390. The van der Waals surface area contributed by atoms with Gasteiger partial charge in [0.15, 0.2) is 0 Å². The molecule has 0 aliphatic heterocycles. The number of ether oxygens (including phenoxy) is 1. The van der Waals surface area contributed by atoms with Crippen molar-refractivity contribution in [1.29, 1.82) is 0 Å². The highest BCUT2D eigenvalue weighted by molar-refractivity contribution is 6.31. The van der Waals surface area contributed by atoms with Gasteiger partial charge in [-0.15, -0.1) is 0 Å². The fraction of sp³-hybridized carbons (Fsp3) is 0.462. The van der Waals surface area contributed by atoms with Gasteiger partial charge in [0.05, 0.1) is 7.11 Å². The molecule has 0 saturated carbocycles. The van der Waals surface area contributed by atoms with Crippen LogP contribution in [0.1, 0.15) is 26.3 Å². The monoisotopic (exact) mass is 255 g/mol. The first kappa shape index (κ1) is 13.8. The molecule has 0 heterocycles. The van der Waals surface area contributed by atoms with Crippen LogP contribution in [0, 0.1) is 5.41 Å². The van der Waals surface area contributed by atoms with Gasteiger partial charge in [0, 0.05) is 17.0 Å². The maximum Gasteiger partial charge on any atom is 0.225 e. The summed E-state index contributed by atoms with van der Waals surface area (Å²) in [7, 11) is 1.59. The second-order valence-electron chi connectivity index (χ2n) is 4.89. The van der Waals surface area contributed by atoms with Crippen LogP contribution in [0.4, 0.5) is 0 Å². The summed E-state index contributed by atoms with van der Waals surface area (Å²) < 4.78 is 5.06. The van der Waals surface area contributed by atoms with E-state index in [-0.39, 0.29) is 11.3 Å². The van der Waals surface area contributed by atoms with Crippen LogP contribution in [0.15, 0.2) is 18.2 Å². The van der Waals surface area contributed by atoms with Crippen LogP contribution in [0.3, 0.4) is 0 Å². The van der Waals surface area contributed by atoms with Crippen LogP contribution in [0.2, 0.25) is 5.02 Å². The molecule has 0 aromatic heterocycles. The van der Waals surface area contributed by atoms with Gasteiger partial charge in [-0.2, -0.15) is 0 Å². The van der Waals surface area contributed by atoms with Gasteiger partial charge in [0.2, 0.25) is 5.91 Å². The lowest BCUT2D eigenvalue weighted by molar-refractivity contribution is -0.128. The summed E-state index contributed by atoms with van der Waals surface area (Å²) in [6.45, 7) is 6.05. The molecule has 1 rings (SSSR count). The summed E-state index contributed by atoms with van der Waals surface area (Å²) in [4.78, 5) is 11.7. The Morgan fingerprint density at radius 2 is 2.06 bits per heavy atom. The first-order chi connectivity index (χ1) is 7.84. The summed E-state index contributed by atoms with van der Waals surface area (Å²) in [5.41, 5.74) is 0.490. The van der Waals surface area contributed by atoms with Crippen molar-refractivity contribution in [3.05, 3.63) is 28.8 Å². The van der Waals surface area contributed by atoms with Crippen LogP contribution in [0.25, 0.3) is 0 Å². The van der Waals surface area contributed by atoms with Crippen LogP contribution in [-0.2, 0) is 11.3 Å². The van der Waals surface area contributed by atoms with E-state index in [1.54, 1.807) is 13.2 Å². The molecule has 0 spiro atoms. The van der Waals surface area contributed by atoms with Gasteiger partial charge in [0.1, 0.15) is 5.75 Å². The summed E-state index contributed by atoms with van der Waals surface area (Å²) in [5.74, 6) is 0.713. The highest BCUT2D eigenvalue weighted by Crippen LogP contribution is 2.22. The highest BCUT2D eigenvalue weighted by Gasteiger charge is 2.20. The number of amides is 1. The first-order valence-electron chi connectivity index (χ1n) is 5.45. The molecule has 0 bridgehead atoms. The summed E-state index contributed by atoms with van der Waals surface area (Å²) in [6.07, 6.45) is 0. The Balaban J connectivity index is 2.67. The van der Waals surface area contributed by atoms with Crippen LogP contribution in [-0.4, -0.2) is 13.0 Å². The molecule has 0 aliphatic rings. The number of benzene rings is 1. The number of carbonyl (C=O) groups excluding carboxylic acids is 1. The maximum atomic E-state index is 11.7. The molecule has 0 radical (unpaired) electrons. The second kappa shape index (κ2) is 5.41. The van der Waals surface area contributed by atoms with Gasteiger partial charge in [-0.05, 0) is 17.7 Å². The van der Waals surface area contributed by atoms with Gasteiger partial charge in [-0.25, -0.2) is 0 Å². The third kappa shape index (κ3) is 3.93. The maximum absolute atomic E-state index is 11.7. The number of halogens is 1. The minimum Gasteiger partial charge on any atom is -0.497 e. The van der Waals surface area contributed by atoms with E-state index >= 15 is 0 Å². The average molecular weight is 256 g/mol. The van der Waals surface area contributed by atoms with Gasteiger partial charge in [0.25, 0.3) is 0 Å². The summed E-state index contributed by atoms with van der Waals surface area (Å²) in [5, 5.41) is 3.45. The van der Waals surface area contributed by atoms with E-state index in [0.717, 1.165) is 5.56 Å². The Bertz CT molecular complexity index is 410. The lowest BCUT2D eigenvalue weighted by Gasteiger charge is -2.18. The second-order valence-corrected chi connectivity index (χ2v) is 5.30. The minimum absolute atomic E-state index is 0.00406. The largest absolute Gasteiger partial charge is 0.497 e. The number of hydrogen-bond donors (Lipinski definition) is 1. The molecule has 0 fully saturated rings. The molecule has 0 unspecified atom stereocenters. The highest BCUT2D eigenvalue weighted by atomic mass is 35.5. The van der Waals surface area contributed by atoms with Crippen molar-refractivity contribution in [3.8, 4) is 5.75 Å². The molecular formula is C13H18ClNO2. The average Bonchev–Trinajstić information content (AvgIpc) is 2.25. The van der Waals surface area contributed by atoms with Crippen molar-refractivity contribution in [2.24, 2.45) is 5.41 Å². The van der Waals surface area contributed by atoms with Crippen LogP contribution >= 0.6 is 11.6 Å². The third-order valence-corrected chi connectivity index (χ3v) is 2.73. The van der Waals surface area contributed by atoms with Crippen molar-refractivity contribution >= 4 is 17.5 Å². The molecule has 3 nitrogen and oxygen atoms in total. The first-order valence-corrected chi connectivity index (χ1v) is 5.83. The predicted octanol–water partition coefficient (Wildman–Crippen LogP) is 3.01. The van der Waals surface area contributed by atoms with E-state index in [1.807, 2.05) is 32.9 Å². The number of nitrogens with one attached hydrogen (secondary N) is 1. The number of methoxy groups -OCH3 is 1. The zero-order valence-electron chi connectivity index (χ0n) is 10.6. The van der Waals surface area contributed by atoms with E-state index in [9.17, 15) is 4.79 Å². The van der Waals surface area contributed by atoms with Gasteiger partial charge < -0.3 is 10.1 Å². The lowest BCUT2D eigenvalue weighted by Crippen LogP contribution is -2.34. The molecule has 4 heteroatoms. The zero-order chi connectivity index (χ0) is 13.1. The fourth-order valence-corrected chi connectivity index (χ4v) is 1.48. The SMILES string of the molecule is COc1ccc(CNC(=O)C(C)(C)C)c(Cl)c1. The van der Waals surface area contributed by atoms with Crippen LogP contribution < -0.4 is 10.1 Å². The summed E-state index contributed by atoms with van der Waals surface area (Å²) >= 11 is 6.07. The Labute approximate surface area is 107 Å². The van der Waals surface area contributed by atoms with Crippen molar-refractivity contribution in [1.82, 2.24) is 5.32 Å². The van der Waals surface area contributed by atoms with E-state index in [4.69, 9.17) is 16.3 Å². The van der Waals surface area contributed by atoms with E-state index < -0.39 is 0 Å². The Kier molecular flexibility index (Phi) is 4.40. The quantitative estimate of drug-likeness (QED) is 0.902. The van der Waals surface area contributed by atoms with Crippen molar-refractivity contribution < 1.29 is 9.53 Å². The topological polar surface area (TPSA) is 38.3 Å². The molecule has 0 atom stereocenters. The molecule has 1 aromatic rings. The molecule has 1 N–H and O–H groups in total.